The fourth-order valence-corrected chi connectivity index (χ4v) is 2.05. The summed E-state index contributed by atoms with van der Waals surface area (Å²) in [5.41, 5.74) is -0.176. The summed E-state index contributed by atoms with van der Waals surface area (Å²) < 4.78 is 43.5. The third kappa shape index (κ3) is 2.88. The number of fused-ring (bicyclic) bond motifs is 1. The number of methoxy groups -OCH3 is 1. The Morgan fingerprint density at radius 3 is 2.68 bits per heavy atom. The Labute approximate surface area is 124 Å². The van der Waals surface area contributed by atoms with Crippen LogP contribution >= 0.6 is 0 Å². The second-order valence-corrected chi connectivity index (χ2v) is 4.38. The van der Waals surface area contributed by atoms with Gasteiger partial charge in [-0.25, -0.2) is 4.98 Å². The predicted octanol–water partition coefficient (Wildman–Crippen LogP) is 3.59. The van der Waals surface area contributed by atoms with Crippen molar-refractivity contribution in [2.24, 2.45) is 0 Å². The standard InChI is InChI=1S/C15H13F3N2O2/c1-3-8-19-12-9-6-4-5-7-10(9)20-14(22-2)11(12)13(21)15(16,17)18/h3-7H,1,8H2,2H3,(H,19,20). The molecule has 2 aromatic rings. The third-order valence-electron chi connectivity index (χ3n) is 2.96. The van der Waals surface area contributed by atoms with Crippen LogP contribution < -0.4 is 10.1 Å². The average Bonchev–Trinajstić information content (AvgIpc) is 2.49. The van der Waals surface area contributed by atoms with Crippen LogP contribution in [0.25, 0.3) is 10.9 Å². The quantitative estimate of drug-likeness (QED) is 0.677. The minimum atomic E-state index is -5.03. The van der Waals surface area contributed by atoms with E-state index < -0.39 is 17.5 Å². The van der Waals surface area contributed by atoms with Crippen LogP contribution in [-0.2, 0) is 0 Å². The molecule has 0 bridgehead atoms. The Balaban J connectivity index is 2.80. The zero-order chi connectivity index (χ0) is 16.3. The van der Waals surface area contributed by atoms with Gasteiger partial charge in [0.25, 0.3) is 5.78 Å². The van der Waals surface area contributed by atoms with Crippen molar-refractivity contribution in [3.05, 3.63) is 42.5 Å². The van der Waals surface area contributed by atoms with Gasteiger partial charge in [0.1, 0.15) is 5.56 Å². The van der Waals surface area contributed by atoms with Gasteiger partial charge in [-0.15, -0.1) is 6.58 Å². The van der Waals surface area contributed by atoms with E-state index in [1.165, 1.54) is 13.2 Å². The number of hydrogen-bond donors (Lipinski definition) is 1. The molecular weight excluding hydrogens is 297 g/mol. The van der Waals surface area contributed by atoms with Gasteiger partial charge in [-0.05, 0) is 6.07 Å². The summed E-state index contributed by atoms with van der Waals surface area (Å²) in [6.07, 6.45) is -3.55. The molecule has 0 amide bonds. The van der Waals surface area contributed by atoms with Crippen LogP contribution in [0.5, 0.6) is 5.88 Å². The topological polar surface area (TPSA) is 51.2 Å². The van der Waals surface area contributed by atoms with E-state index in [9.17, 15) is 18.0 Å². The number of carbonyl (C=O) groups excluding carboxylic acids is 1. The summed E-state index contributed by atoms with van der Waals surface area (Å²) in [6.45, 7) is 3.69. The van der Waals surface area contributed by atoms with Crippen LogP contribution in [0.15, 0.2) is 36.9 Å². The number of nitrogens with one attached hydrogen (secondary N) is 1. The maximum atomic E-state index is 12.9. The number of alkyl halides is 3. The molecule has 116 valence electrons. The number of nitrogens with zero attached hydrogens (tertiary/aromatic N) is 1. The molecule has 0 atom stereocenters. The molecule has 0 saturated heterocycles. The first-order chi connectivity index (χ1) is 10.4. The number of Topliss-reactive ketones (excluding diaryl/α,β-unsaturated/α-hetero) is 1. The van der Waals surface area contributed by atoms with Crippen LogP contribution in [0.2, 0.25) is 0 Å². The van der Waals surface area contributed by atoms with Crippen molar-refractivity contribution < 1.29 is 22.7 Å². The maximum Gasteiger partial charge on any atom is 0.455 e. The van der Waals surface area contributed by atoms with Gasteiger partial charge < -0.3 is 10.1 Å². The normalized spacial score (nSPS) is 11.3. The largest absolute Gasteiger partial charge is 0.480 e. The van der Waals surface area contributed by atoms with Gasteiger partial charge in [0.2, 0.25) is 5.88 Å². The number of ketones is 1. The summed E-state index contributed by atoms with van der Waals surface area (Å²) in [5, 5.41) is 3.18. The number of hydrogen-bond acceptors (Lipinski definition) is 4. The monoisotopic (exact) mass is 310 g/mol. The summed E-state index contributed by atoms with van der Waals surface area (Å²) in [6, 6.07) is 6.55. The van der Waals surface area contributed by atoms with E-state index in [1.54, 1.807) is 24.3 Å². The lowest BCUT2D eigenvalue weighted by Gasteiger charge is -2.17. The van der Waals surface area contributed by atoms with Gasteiger partial charge in [0.15, 0.2) is 0 Å². The van der Waals surface area contributed by atoms with Crippen molar-refractivity contribution in [3.8, 4) is 5.88 Å². The minimum absolute atomic E-state index is 0.0321. The Hall–Kier alpha value is -2.57. The minimum Gasteiger partial charge on any atom is -0.480 e. The maximum absolute atomic E-state index is 12.9. The van der Waals surface area contributed by atoms with Crippen LogP contribution in [0.4, 0.5) is 18.9 Å². The van der Waals surface area contributed by atoms with Gasteiger partial charge in [0.05, 0.1) is 18.3 Å². The molecule has 0 radical (unpaired) electrons. The Kier molecular flexibility index (Phi) is 4.35. The lowest BCUT2D eigenvalue weighted by Crippen LogP contribution is -2.25. The highest BCUT2D eigenvalue weighted by molar-refractivity contribution is 6.12. The van der Waals surface area contributed by atoms with Crippen molar-refractivity contribution in [2.75, 3.05) is 19.0 Å². The van der Waals surface area contributed by atoms with E-state index >= 15 is 0 Å². The number of rotatable bonds is 5. The SMILES string of the molecule is C=CCNc1c(C(=O)C(F)(F)F)c(OC)nc2ccccc12. The molecule has 4 nitrogen and oxygen atoms in total. The molecule has 0 aliphatic heterocycles. The molecule has 22 heavy (non-hydrogen) atoms. The summed E-state index contributed by atoms with van der Waals surface area (Å²) in [7, 11) is 1.17. The van der Waals surface area contributed by atoms with E-state index in [2.05, 4.69) is 16.9 Å². The number of ether oxygens (including phenoxy) is 1. The highest BCUT2D eigenvalue weighted by atomic mass is 19.4. The molecule has 1 heterocycles. The zero-order valence-corrected chi connectivity index (χ0v) is 11.7. The number of benzene rings is 1. The first-order valence-corrected chi connectivity index (χ1v) is 6.33. The number of para-hydroxylation sites is 1. The van der Waals surface area contributed by atoms with Crippen LogP contribution in [0, 0.1) is 0 Å². The van der Waals surface area contributed by atoms with Gasteiger partial charge >= 0.3 is 6.18 Å². The van der Waals surface area contributed by atoms with Crippen molar-refractivity contribution in [1.29, 1.82) is 0 Å². The molecule has 0 saturated carbocycles. The van der Waals surface area contributed by atoms with Gasteiger partial charge in [-0.3, -0.25) is 4.79 Å². The number of pyridine rings is 1. The average molecular weight is 310 g/mol. The summed E-state index contributed by atoms with van der Waals surface area (Å²) in [4.78, 5) is 15.8. The zero-order valence-electron chi connectivity index (χ0n) is 11.7. The van der Waals surface area contributed by atoms with E-state index in [4.69, 9.17) is 4.74 Å². The van der Waals surface area contributed by atoms with Crippen molar-refractivity contribution in [2.45, 2.75) is 6.18 Å². The summed E-state index contributed by atoms with van der Waals surface area (Å²) >= 11 is 0. The Morgan fingerprint density at radius 2 is 2.09 bits per heavy atom. The smallest absolute Gasteiger partial charge is 0.455 e. The van der Waals surface area contributed by atoms with E-state index in [0.29, 0.717) is 10.9 Å². The highest BCUT2D eigenvalue weighted by Gasteiger charge is 2.43. The predicted molar refractivity (Wildman–Crippen MR) is 77.4 cm³/mol. The number of halogens is 3. The fraction of sp³-hybridized carbons (Fsp3) is 0.200. The lowest BCUT2D eigenvalue weighted by atomic mass is 10.0. The van der Waals surface area contributed by atoms with Gasteiger partial charge in [0, 0.05) is 11.9 Å². The highest BCUT2D eigenvalue weighted by Crippen LogP contribution is 2.36. The van der Waals surface area contributed by atoms with Crippen molar-refractivity contribution >= 4 is 22.4 Å². The van der Waals surface area contributed by atoms with E-state index in [-0.39, 0.29) is 18.1 Å². The second kappa shape index (κ2) is 6.05. The second-order valence-electron chi connectivity index (χ2n) is 4.38. The molecule has 0 aliphatic rings. The molecule has 7 heteroatoms. The third-order valence-corrected chi connectivity index (χ3v) is 2.96. The van der Waals surface area contributed by atoms with Crippen LogP contribution in [-0.4, -0.2) is 30.6 Å². The van der Waals surface area contributed by atoms with Gasteiger partial charge in [-0.2, -0.15) is 13.2 Å². The van der Waals surface area contributed by atoms with Crippen molar-refractivity contribution in [1.82, 2.24) is 4.98 Å². The molecule has 1 aromatic heterocycles. The molecule has 2 rings (SSSR count). The number of aromatic nitrogens is 1. The molecule has 1 N–H and O–H groups in total. The van der Waals surface area contributed by atoms with E-state index in [1.807, 2.05) is 0 Å². The molecule has 0 aliphatic carbocycles. The number of carbonyl (C=O) groups is 1. The molecular formula is C15H13F3N2O2. The fourth-order valence-electron chi connectivity index (χ4n) is 2.05. The van der Waals surface area contributed by atoms with E-state index in [0.717, 1.165) is 0 Å². The molecule has 1 aromatic carbocycles. The number of anilines is 1. The lowest BCUT2D eigenvalue weighted by molar-refractivity contribution is -0.0886. The summed E-state index contributed by atoms with van der Waals surface area (Å²) in [5.74, 6) is -2.37. The first-order valence-electron chi connectivity index (χ1n) is 6.33. The van der Waals surface area contributed by atoms with Gasteiger partial charge in [-0.1, -0.05) is 24.3 Å². The molecule has 0 spiro atoms. The molecule has 0 fully saturated rings. The Bertz CT molecular complexity index is 727. The first kappa shape index (κ1) is 15.8. The Morgan fingerprint density at radius 1 is 1.41 bits per heavy atom. The van der Waals surface area contributed by atoms with Crippen molar-refractivity contribution in [3.63, 3.8) is 0 Å². The van der Waals surface area contributed by atoms with Crippen LogP contribution in [0.3, 0.4) is 0 Å². The van der Waals surface area contributed by atoms with Crippen LogP contribution in [0.1, 0.15) is 10.4 Å². The molecule has 0 unspecified atom stereocenters.